The minimum absolute atomic E-state index is 0.0635. The largest absolute Gasteiger partial charge is 0.394 e. The summed E-state index contributed by atoms with van der Waals surface area (Å²) in [6, 6.07) is 5.63. The maximum absolute atomic E-state index is 12.6. The van der Waals surface area contributed by atoms with Gasteiger partial charge in [0.15, 0.2) is 0 Å². The van der Waals surface area contributed by atoms with Gasteiger partial charge >= 0.3 is 0 Å². The zero-order valence-corrected chi connectivity index (χ0v) is 15.5. The predicted molar refractivity (Wildman–Crippen MR) is 103 cm³/mol. The van der Waals surface area contributed by atoms with Crippen molar-refractivity contribution in [3.8, 4) is 0 Å². The Labute approximate surface area is 154 Å². The van der Waals surface area contributed by atoms with Crippen molar-refractivity contribution in [3.05, 3.63) is 30.0 Å². The van der Waals surface area contributed by atoms with Gasteiger partial charge in [-0.1, -0.05) is 39.2 Å². The minimum atomic E-state index is -0.242. The first kappa shape index (κ1) is 18.6. The zero-order chi connectivity index (χ0) is 18.5. The summed E-state index contributed by atoms with van der Waals surface area (Å²) >= 11 is 0. The van der Waals surface area contributed by atoms with Crippen LogP contribution in [0.1, 0.15) is 56.3 Å². The van der Waals surface area contributed by atoms with Crippen LogP contribution in [0.15, 0.2) is 24.4 Å². The van der Waals surface area contributed by atoms with Gasteiger partial charge in [-0.2, -0.15) is 0 Å². The molecule has 1 saturated carbocycles. The number of aliphatic hydroxyl groups is 1. The maximum atomic E-state index is 12.6. The molecule has 0 bridgehead atoms. The lowest BCUT2D eigenvalue weighted by Crippen LogP contribution is -2.41. The highest BCUT2D eigenvalue weighted by Crippen LogP contribution is 2.22. The topological polar surface area (TPSA) is 87.1 Å². The highest BCUT2D eigenvalue weighted by Gasteiger charge is 2.19. The molecule has 26 heavy (non-hydrogen) atoms. The molecule has 1 heterocycles. The molecule has 1 aliphatic rings. The van der Waals surface area contributed by atoms with Crippen molar-refractivity contribution in [1.82, 2.24) is 15.3 Å². The average molecular weight is 356 g/mol. The van der Waals surface area contributed by atoms with Gasteiger partial charge in [0, 0.05) is 23.2 Å². The molecule has 3 rings (SSSR count). The van der Waals surface area contributed by atoms with Crippen molar-refractivity contribution in [2.24, 2.45) is 5.92 Å². The van der Waals surface area contributed by atoms with E-state index in [0.29, 0.717) is 17.6 Å². The van der Waals surface area contributed by atoms with Gasteiger partial charge in [-0.05, 0) is 30.9 Å². The standard InChI is InChI=1S/C20H28N4O2/c1-3-13(2)18(12-25)23-19(26)14-8-9-15-11-21-20(24-17(15)10-14)22-16-6-4-5-7-16/h8-11,13,16,18,25H,3-7,12H2,1-2H3,(H,23,26)(H,21,22,24)/t13-,18+/m0/s1. The number of hydrogen-bond donors (Lipinski definition) is 3. The molecular weight excluding hydrogens is 328 g/mol. The van der Waals surface area contributed by atoms with Gasteiger partial charge in [-0.3, -0.25) is 4.79 Å². The summed E-state index contributed by atoms with van der Waals surface area (Å²) in [5, 5.41) is 16.7. The fourth-order valence-corrected chi connectivity index (χ4v) is 3.39. The van der Waals surface area contributed by atoms with E-state index in [1.165, 1.54) is 12.8 Å². The Balaban J connectivity index is 1.77. The Morgan fingerprint density at radius 2 is 2.12 bits per heavy atom. The second kappa shape index (κ2) is 8.45. The quantitative estimate of drug-likeness (QED) is 0.709. The molecule has 1 amide bonds. The lowest BCUT2D eigenvalue weighted by molar-refractivity contribution is 0.0891. The van der Waals surface area contributed by atoms with Crippen LogP contribution in [-0.4, -0.2) is 39.7 Å². The minimum Gasteiger partial charge on any atom is -0.394 e. The monoisotopic (exact) mass is 356 g/mol. The Kier molecular flexibility index (Phi) is 6.04. The molecule has 140 valence electrons. The van der Waals surface area contributed by atoms with E-state index in [0.717, 1.165) is 30.2 Å². The van der Waals surface area contributed by atoms with Gasteiger partial charge in [0.25, 0.3) is 5.91 Å². The second-order valence-corrected chi connectivity index (χ2v) is 7.24. The highest BCUT2D eigenvalue weighted by atomic mass is 16.3. The average Bonchev–Trinajstić information content (AvgIpc) is 3.17. The third kappa shape index (κ3) is 4.30. The van der Waals surface area contributed by atoms with Crippen molar-refractivity contribution >= 4 is 22.8 Å². The van der Waals surface area contributed by atoms with Crippen molar-refractivity contribution in [1.29, 1.82) is 0 Å². The third-order valence-corrected chi connectivity index (χ3v) is 5.38. The Morgan fingerprint density at radius 3 is 2.81 bits per heavy atom. The van der Waals surface area contributed by atoms with E-state index in [1.54, 1.807) is 18.3 Å². The molecule has 1 fully saturated rings. The van der Waals surface area contributed by atoms with Crippen molar-refractivity contribution in [2.45, 2.75) is 58.0 Å². The van der Waals surface area contributed by atoms with Crippen LogP contribution in [0, 0.1) is 5.92 Å². The first-order valence-electron chi connectivity index (χ1n) is 9.55. The van der Waals surface area contributed by atoms with Crippen molar-refractivity contribution < 1.29 is 9.90 Å². The van der Waals surface area contributed by atoms with Crippen LogP contribution in [0.5, 0.6) is 0 Å². The van der Waals surface area contributed by atoms with Gasteiger partial charge in [0.1, 0.15) is 0 Å². The van der Waals surface area contributed by atoms with Gasteiger partial charge < -0.3 is 15.7 Å². The number of anilines is 1. The number of nitrogens with one attached hydrogen (secondary N) is 2. The molecule has 0 aliphatic heterocycles. The molecule has 1 aromatic carbocycles. The number of carbonyl (C=O) groups is 1. The molecular formula is C20H28N4O2. The fourth-order valence-electron chi connectivity index (χ4n) is 3.39. The van der Waals surface area contributed by atoms with E-state index < -0.39 is 0 Å². The highest BCUT2D eigenvalue weighted by molar-refractivity contribution is 5.98. The number of fused-ring (bicyclic) bond motifs is 1. The molecule has 3 N–H and O–H groups in total. The normalized spacial score (nSPS) is 17.2. The molecule has 0 radical (unpaired) electrons. The van der Waals surface area contributed by atoms with Gasteiger partial charge in [-0.15, -0.1) is 0 Å². The van der Waals surface area contributed by atoms with E-state index in [4.69, 9.17) is 0 Å². The van der Waals surface area contributed by atoms with Crippen LogP contribution in [0.2, 0.25) is 0 Å². The van der Waals surface area contributed by atoms with E-state index >= 15 is 0 Å². The van der Waals surface area contributed by atoms with Crippen molar-refractivity contribution in [2.75, 3.05) is 11.9 Å². The molecule has 0 spiro atoms. The lowest BCUT2D eigenvalue weighted by Gasteiger charge is -2.22. The lowest BCUT2D eigenvalue weighted by atomic mass is 9.99. The number of carbonyl (C=O) groups excluding carboxylic acids is 1. The molecule has 0 unspecified atom stereocenters. The van der Waals surface area contributed by atoms with E-state index in [-0.39, 0.29) is 24.5 Å². The van der Waals surface area contributed by atoms with Crippen LogP contribution >= 0.6 is 0 Å². The number of aliphatic hydroxyl groups excluding tert-OH is 1. The molecule has 1 aromatic heterocycles. The van der Waals surface area contributed by atoms with Crippen LogP contribution < -0.4 is 10.6 Å². The molecule has 6 nitrogen and oxygen atoms in total. The van der Waals surface area contributed by atoms with Crippen LogP contribution in [0.4, 0.5) is 5.95 Å². The molecule has 2 atom stereocenters. The molecule has 6 heteroatoms. The summed E-state index contributed by atoms with van der Waals surface area (Å²) in [7, 11) is 0. The first-order valence-corrected chi connectivity index (χ1v) is 9.55. The first-order chi connectivity index (χ1) is 12.6. The van der Waals surface area contributed by atoms with Gasteiger partial charge in [-0.25, -0.2) is 9.97 Å². The van der Waals surface area contributed by atoms with E-state index in [1.807, 2.05) is 19.9 Å². The maximum Gasteiger partial charge on any atom is 0.251 e. The van der Waals surface area contributed by atoms with Crippen molar-refractivity contribution in [3.63, 3.8) is 0 Å². The SMILES string of the molecule is CC[C@H](C)[C@@H](CO)NC(=O)c1ccc2cnc(NC3CCCC3)nc2c1. The molecule has 2 aromatic rings. The summed E-state index contributed by atoms with van der Waals surface area (Å²) in [6.45, 7) is 4.01. The molecule has 1 aliphatic carbocycles. The van der Waals surface area contributed by atoms with E-state index in [2.05, 4.69) is 20.6 Å². The Hall–Kier alpha value is -2.21. The second-order valence-electron chi connectivity index (χ2n) is 7.24. The zero-order valence-electron chi connectivity index (χ0n) is 15.5. The van der Waals surface area contributed by atoms with Crippen LogP contribution in [0.3, 0.4) is 0 Å². The van der Waals surface area contributed by atoms with Crippen LogP contribution in [0.25, 0.3) is 10.9 Å². The summed E-state index contributed by atoms with van der Waals surface area (Å²) in [6.07, 6.45) is 7.49. The Bertz CT molecular complexity index is 759. The number of amides is 1. The third-order valence-electron chi connectivity index (χ3n) is 5.38. The summed E-state index contributed by atoms with van der Waals surface area (Å²) in [4.78, 5) is 21.5. The van der Waals surface area contributed by atoms with Gasteiger partial charge in [0.05, 0.1) is 18.2 Å². The molecule has 0 saturated heterocycles. The number of nitrogens with zero attached hydrogens (tertiary/aromatic N) is 2. The predicted octanol–water partition coefficient (Wildman–Crippen LogP) is 3.12. The number of hydrogen-bond acceptors (Lipinski definition) is 5. The van der Waals surface area contributed by atoms with Crippen LogP contribution in [-0.2, 0) is 0 Å². The number of benzene rings is 1. The fraction of sp³-hybridized carbons (Fsp3) is 0.550. The summed E-state index contributed by atoms with van der Waals surface area (Å²) in [5.41, 5.74) is 1.29. The summed E-state index contributed by atoms with van der Waals surface area (Å²) in [5.74, 6) is 0.652. The van der Waals surface area contributed by atoms with E-state index in [9.17, 15) is 9.90 Å². The number of aromatic nitrogens is 2. The number of rotatable bonds is 7. The smallest absolute Gasteiger partial charge is 0.251 e. The van der Waals surface area contributed by atoms with Gasteiger partial charge in [0.2, 0.25) is 5.95 Å². The Morgan fingerprint density at radius 1 is 1.35 bits per heavy atom. The summed E-state index contributed by atoms with van der Waals surface area (Å²) < 4.78 is 0.